The molecule has 1 heteroatoms. The fourth-order valence-electron chi connectivity index (χ4n) is 5.50. The van der Waals surface area contributed by atoms with Crippen LogP contribution in [0.25, 0.3) is 0 Å². The summed E-state index contributed by atoms with van der Waals surface area (Å²) in [4.78, 5) is 0. The zero-order valence-corrected chi connectivity index (χ0v) is 18.9. The Balaban J connectivity index is 1.91. The molecule has 0 bridgehead atoms. The van der Waals surface area contributed by atoms with E-state index in [0.717, 1.165) is 19.3 Å². The van der Waals surface area contributed by atoms with E-state index < -0.39 is 0 Å². The van der Waals surface area contributed by atoms with Crippen LogP contribution in [0.3, 0.4) is 0 Å². The van der Waals surface area contributed by atoms with Gasteiger partial charge in [-0.3, -0.25) is 0 Å². The fourth-order valence-corrected chi connectivity index (χ4v) is 5.50. The molecule has 2 aromatic carbocycles. The van der Waals surface area contributed by atoms with Crippen LogP contribution in [-0.4, -0.2) is 11.7 Å². The summed E-state index contributed by atoms with van der Waals surface area (Å²) in [7, 11) is 0. The smallest absolute Gasteiger partial charge is 0.0860 e. The monoisotopic (exact) mass is 389 g/mol. The minimum Gasteiger partial charge on any atom is -0.370 e. The molecule has 3 atom stereocenters. The Bertz CT molecular complexity index is 837. The molecule has 29 heavy (non-hydrogen) atoms. The molecule has 2 aromatic rings. The van der Waals surface area contributed by atoms with Crippen LogP contribution in [0.15, 0.2) is 48.5 Å². The van der Waals surface area contributed by atoms with Gasteiger partial charge in [0.15, 0.2) is 0 Å². The zero-order valence-electron chi connectivity index (χ0n) is 18.9. The van der Waals surface area contributed by atoms with Gasteiger partial charge in [0.1, 0.15) is 0 Å². The molecule has 0 aliphatic heterocycles. The molecule has 0 spiro atoms. The molecule has 2 aliphatic carbocycles. The highest BCUT2D eigenvalue weighted by molar-refractivity contribution is 5.61. The van der Waals surface area contributed by atoms with E-state index in [1.807, 2.05) is 0 Å². The van der Waals surface area contributed by atoms with Gasteiger partial charge < -0.3 is 4.74 Å². The lowest BCUT2D eigenvalue weighted by atomic mass is 9.65. The number of hydrogen-bond donors (Lipinski definition) is 0. The average Bonchev–Trinajstić information content (AvgIpc) is 3.52. The van der Waals surface area contributed by atoms with Crippen molar-refractivity contribution in [3.05, 3.63) is 76.7 Å². The van der Waals surface area contributed by atoms with Gasteiger partial charge in [-0.15, -0.1) is 0 Å². The lowest BCUT2D eigenvalue weighted by molar-refractivity contribution is -0.0745. The summed E-state index contributed by atoms with van der Waals surface area (Å²) in [6.45, 7) is 11.9. The van der Waals surface area contributed by atoms with Gasteiger partial charge in [-0.1, -0.05) is 82.6 Å². The Morgan fingerprint density at radius 2 is 1.72 bits per heavy atom. The summed E-state index contributed by atoms with van der Waals surface area (Å²) >= 11 is 0. The highest BCUT2D eigenvalue weighted by Crippen LogP contribution is 2.60. The van der Waals surface area contributed by atoms with Crippen LogP contribution in [0.4, 0.5) is 0 Å². The third-order valence-electron chi connectivity index (χ3n) is 7.57. The normalized spacial score (nSPS) is 27.8. The number of rotatable bonds is 8. The quantitative estimate of drug-likeness (QED) is 0.458. The molecule has 4 rings (SSSR count). The van der Waals surface area contributed by atoms with E-state index in [1.165, 1.54) is 41.9 Å². The predicted octanol–water partition coefficient (Wildman–Crippen LogP) is 7.37. The average molecular weight is 390 g/mol. The van der Waals surface area contributed by atoms with Crippen molar-refractivity contribution in [2.24, 2.45) is 0 Å². The molecule has 1 nitrogen and oxygen atoms in total. The molecule has 0 aromatic heterocycles. The molecular weight excluding hydrogens is 352 g/mol. The molecule has 0 heterocycles. The van der Waals surface area contributed by atoms with Gasteiger partial charge in [-0.25, -0.2) is 0 Å². The van der Waals surface area contributed by atoms with Gasteiger partial charge in [0, 0.05) is 11.3 Å². The zero-order chi connectivity index (χ0) is 20.6. The van der Waals surface area contributed by atoms with E-state index in [0.29, 0.717) is 12.0 Å². The van der Waals surface area contributed by atoms with Crippen molar-refractivity contribution >= 4 is 0 Å². The van der Waals surface area contributed by atoms with Gasteiger partial charge in [-0.05, 0) is 67.2 Å². The van der Waals surface area contributed by atoms with Crippen LogP contribution in [0.2, 0.25) is 0 Å². The Morgan fingerprint density at radius 1 is 1.00 bits per heavy atom. The molecule has 2 aliphatic rings. The predicted molar refractivity (Wildman–Crippen MR) is 122 cm³/mol. The van der Waals surface area contributed by atoms with E-state index in [-0.39, 0.29) is 11.0 Å². The van der Waals surface area contributed by atoms with Crippen LogP contribution in [-0.2, 0) is 16.6 Å². The Hall–Kier alpha value is -1.60. The van der Waals surface area contributed by atoms with E-state index in [9.17, 15) is 0 Å². The summed E-state index contributed by atoms with van der Waals surface area (Å²) in [6.07, 6.45) is 7.32. The Kier molecular flexibility index (Phi) is 5.64. The van der Waals surface area contributed by atoms with E-state index >= 15 is 0 Å². The van der Waals surface area contributed by atoms with E-state index in [1.54, 1.807) is 5.56 Å². The van der Waals surface area contributed by atoms with Crippen molar-refractivity contribution in [2.45, 2.75) is 96.2 Å². The van der Waals surface area contributed by atoms with Gasteiger partial charge >= 0.3 is 0 Å². The summed E-state index contributed by atoms with van der Waals surface area (Å²) in [5, 5.41) is 0. The van der Waals surface area contributed by atoms with Crippen molar-refractivity contribution in [3.63, 3.8) is 0 Å². The van der Waals surface area contributed by atoms with Crippen LogP contribution in [0, 0.1) is 5.92 Å². The minimum atomic E-state index is -0.244. The molecule has 3 unspecified atom stereocenters. The van der Waals surface area contributed by atoms with Crippen molar-refractivity contribution in [2.75, 3.05) is 0 Å². The maximum atomic E-state index is 6.98. The molecule has 1 radical (unpaired) electrons. The lowest BCUT2D eigenvalue weighted by Crippen LogP contribution is -2.51. The SMILES string of the molecule is CCC[C]1c2cccc(C(C)CC)c2C(C)(Cc2ccccc2)C1(C)OC1CC1. The fraction of sp³-hybridized carbons (Fsp3) is 0.536. The van der Waals surface area contributed by atoms with E-state index in [4.69, 9.17) is 4.74 Å². The van der Waals surface area contributed by atoms with Gasteiger partial charge in [0.05, 0.1) is 11.7 Å². The number of ether oxygens (including phenoxy) is 1. The molecule has 1 saturated carbocycles. The number of fused-ring (bicyclic) bond motifs is 1. The summed E-state index contributed by atoms with van der Waals surface area (Å²) in [5.74, 6) is 2.09. The van der Waals surface area contributed by atoms with Crippen molar-refractivity contribution in [1.29, 1.82) is 0 Å². The Morgan fingerprint density at radius 3 is 2.34 bits per heavy atom. The minimum absolute atomic E-state index is 0.0587. The molecule has 1 fully saturated rings. The molecule has 0 N–H and O–H groups in total. The van der Waals surface area contributed by atoms with Crippen LogP contribution >= 0.6 is 0 Å². The van der Waals surface area contributed by atoms with Gasteiger partial charge in [0.2, 0.25) is 0 Å². The topological polar surface area (TPSA) is 9.23 Å². The summed E-state index contributed by atoms with van der Waals surface area (Å²) < 4.78 is 6.98. The third-order valence-corrected chi connectivity index (χ3v) is 7.57. The third kappa shape index (κ3) is 3.46. The van der Waals surface area contributed by atoms with Crippen LogP contribution in [0.1, 0.15) is 94.9 Å². The highest BCUT2D eigenvalue weighted by atomic mass is 16.5. The first kappa shape index (κ1) is 20.7. The molecule has 0 saturated heterocycles. The first-order valence-electron chi connectivity index (χ1n) is 11.7. The molecular formula is C28H37O. The standard InChI is InChI=1S/C28H37O/c1-6-12-25-24-16-11-15-23(20(3)7-2)26(24)27(4,19-21-13-9-8-10-14-21)28(25,5)29-22-17-18-22/h8-11,13-16,20,22H,6-7,12,17-19H2,1-5H3. The number of benzene rings is 2. The maximum absolute atomic E-state index is 6.98. The Labute approximate surface area is 177 Å². The first-order valence-corrected chi connectivity index (χ1v) is 11.7. The largest absolute Gasteiger partial charge is 0.370 e. The van der Waals surface area contributed by atoms with Crippen molar-refractivity contribution in [1.82, 2.24) is 0 Å². The second-order valence-electron chi connectivity index (χ2n) is 9.65. The van der Waals surface area contributed by atoms with Crippen molar-refractivity contribution < 1.29 is 4.74 Å². The van der Waals surface area contributed by atoms with Crippen LogP contribution < -0.4 is 0 Å². The van der Waals surface area contributed by atoms with E-state index in [2.05, 4.69) is 83.1 Å². The molecule has 0 amide bonds. The van der Waals surface area contributed by atoms with Gasteiger partial charge in [-0.2, -0.15) is 0 Å². The first-order chi connectivity index (χ1) is 13.9. The molecule has 155 valence electrons. The second-order valence-corrected chi connectivity index (χ2v) is 9.65. The number of hydrogen-bond acceptors (Lipinski definition) is 1. The van der Waals surface area contributed by atoms with Crippen molar-refractivity contribution in [3.8, 4) is 0 Å². The van der Waals surface area contributed by atoms with Crippen LogP contribution in [0.5, 0.6) is 0 Å². The summed E-state index contributed by atoms with van der Waals surface area (Å²) in [5.41, 5.74) is 5.67. The maximum Gasteiger partial charge on any atom is 0.0860 e. The highest BCUT2D eigenvalue weighted by Gasteiger charge is 2.60. The lowest BCUT2D eigenvalue weighted by Gasteiger charge is -2.46. The van der Waals surface area contributed by atoms with Gasteiger partial charge in [0.25, 0.3) is 0 Å². The summed E-state index contributed by atoms with van der Waals surface area (Å²) in [6, 6.07) is 18.1. The second kappa shape index (κ2) is 7.91.